The summed E-state index contributed by atoms with van der Waals surface area (Å²) in [5.41, 5.74) is 5.28. The van der Waals surface area contributed by atoms with E-state index < -0.39 is 12.6 Å². The topological polar surface area (TPSA) is 26.0 Å². The molecule has 0 aromatic carbocycles. The largest absolute Gasteiger partial charge is 0.389 e. The summed E-state index contributed by atoms with van der Waals surface area (Å²) in [6.07, 6.45) is 0.282. The molecule has 0 heterocycles. The first-order chi connectivity index (χ1) is 6.06. The van der Waals surface area contributed by atoms with Crippen LogP contribution in [0, 0.1) is 0 Å². The molecule has 0 aliphatic carbocycles. The summed E-state index contributed by atoms with van der Waals surface area (Å²) in [4.78, 5) is 0. The fourth-order valence-electron chi connectivity index (χ4n) is 1.18. The molecule has 13 heavy (non-hydrogen) atoms. The molecule has 0 amide bonds. The highest BCUT2D eigenvalue weighted by Gasteiger charge is 2.25. The number of hydrogen-bond acceptors (Lipinski definition) is 1. The Balaban J connectivity index is 3.00. The van der Waals surface area contributed by atoms with Crippen molar-refractivity contribution in [1.29, 1.82) is 0 Å². The molecule has 0 aromatic heterocycles. The second-order valence-corrected chi connectivity index (χ2v) is 3.28. The van der Waals surface area contributed by atoms with Gasteiger partial charge >= 0.3 is 6.18 Å². The van der Waals surface area contributed by atoms with Crippen LogP contribution < -0.4 is 5.73 Å². The van der Waals surface area contributed by atoms with Crippen LogP contribution in [0.5, 0.6) is 0 Å². The maximum Gasteiger partial charge on any atom is 0.389 e. The molecule has 1 nitrogen and oxygen atoms in total. The van der Waals surface area contributed by atoms with Crippen LogP contribution in [0.1, 0.15) is 44.9 Å². The number of halogens is 3. The lowest BCUT2D eigenvalue weighted by Crippen LogP contribution is -2.06. The highest BCUT2D eigenvalue weighted by Crippen LogP contribution is 2.22. The van der Waals surface area contributed by atoms with Crippen LogP contribution in [0.25, 0.3) is 0 Å². The molecule has 0 aliphatic rings. The number of hydrogen-bond donors (Lipinski definition) is 1. The summed E-state index contributed by atoms with van der Waals surface area (Å²) in [5.74, 6) is 0. The number of alkyl halides is 3. The minimum atomic E-state index is -3.97. The predicted octanol–water partition coefficient (Wildman–Crippen LogP) is 3.24. The molecule has 0 unspecified atom stereocenters. The Bertz CT molecular complexity index is 112. The zero-order chi connectivity index (χ0) is 10.2. The molecule has 0 rings (SSSR count). The van der Waals surface area contributed by atoms with Gasteiger partial charge in [0.25, 0.3) is 0 Å². The van der Waals surface area contributed by atoms with Crippen molar-refractivity contribution in [3.63, 3.8) is 0 Å². The molecule has 0 fully saturated rings. The first-order valence-corrected chi connectivity index (χ1v) is 4.83. The third-order valence-corrected chi connectivity index (χ3v) is 1.91. The summed E-state index contributed by atoms with van der Waals surface area (Å²) < 4.78 is 35.0. The lowest BCUT2D eigenvalue weighted by atomic mass is 10.1. The minimum absolute atomic E-state index is 0.270. The van der Waals surface area contributed by atoms with Crippen molar-refractivity contribution in [1.82, 2.24) is 0 Å². The van der Waals surface area contributed by atoms with Crippen LogP contribution in [0.15, 0.2) is 0 Å². The van der Waals surface area contributed by atoms with E-state index in [1.807, 2.05) is 0 Å². The fraction of sp³-hybridized carbons (Fsp3) is 1.00. The lowest BCUT2D eigenvalue weighted by molar-refractivity contribution is -0.135. The number of nitrogens with two attached hydrogens (primary N) is 1. The molecule has 0 aliphatic heterocycles. The molecule has 0 atom stereocenters. The van der Waals surface area contributed by atoms with Crippen molar-refractivity contribution in [3.8, 4) is 0 Å². The Labute approximate surface area is 77.5 Å². The Kier molecular flexibility index (Phi) is 7.04. The zero-order valence-corrected chi connectivity index (χ0v) is 7.87. The van der Waals surface area contributed by atoms with Gasteiger partial charge in [0, 0.05) is 6.42 Å². The molecular formula is C9H18F3N. The van der Waals surface area contributed by atoms with E-state index in [1.54, 1.807) is 0 Å². The average molecular weight is 197 g/mol. The van der Waals surface area contributed by atoms with E-state index in [2.05, 4.69) is 0 Å². The van der Waals surface area contributed by atoms with Crippen LogP contribution in [0.4, 0.5) is 13.2 Å². The quantitative estimate of drug-likeness (QED) is 0.623. The average Bonchev–Trinajstić information content (AvgIpc) is 2.01. The third kappa shape index (κ3) is 11.8. The van der Waals surface area contributed by atoms with E-state index in [9.17, 15) is 13.2 Å². The van der Waals surface area contributed by atoms with Gasteiger partial charge < -0.3 is 5.73 Å². The van der Waals surface area contributed by atoms with Gasteiger partial charge in [-0.25, -0.2) is 0 Å². The lowest BCUT2D eigenvalue weighted by Gasteiger charge is -2.05. The Morgan fingerprint density at radius 2 is 1.23 bits per heavy atom. The molecule has 0 saturated heterocycles. The normalized spacial score (nSPS) is 12.0. The van der Waals surface area contributed by atoms with E-state index in [4.69, 9.17) is 5.73 Å². The highest BCUT2D eigenvalue weighted by molar-refractivity contribution is 4.52. The van der Waals surface area contributed by atoms with E-state index in [0.29, 0.717) is 13.0 Å². The molecule has 4 heteroatoms. The van der Waals surface area contributed by atoms with Gasteiger partial charge in [0.1, 0.15) is 0 Å². The Hall–Kier alpha value is -0.250. The van der Waals surface area contributed by atoms with Crippen molar-refractivity contribution in [2.24, 2.45) is 5.73 Å². The van der Waals surface area contributed by atoms with Gasteiger partial charge in [0.2, 0.25) is 0 Å². The summed E-state index contributed by atoms with van der Waals surface area (Å²) >= 11 is 0. The van der Waals surface area contributed by atoms with Gasteiger partial charge in [0.15, 0.2) is 0 Å². The van der Waals surface area contributed by atoms with Crippen molar-refractivity contribution >= 4 is 0 Å². The van der Waals surface area contributed by atoms with Gasteiger partial charge in [-0.05, 0) is 19.4 Å². The Morgan fingerprint density at radius 3 is 1.69 bits per heavy atom. The number of unbranched alkanes of at least 4 members (excludes halogenated alkanes) is 5. The molecular weight excluding hydrogens is 179 g/mol. The van der Waals surface area contributed by atoms with Crippen LogP contribution >= 0.6 is 0 Å². The maximum atomic E-state index is 11.7. The maximum absolute atomic E-state index is 11.7. The SMILES string of the molecule is NCCCCCCCCC(F)(F)F. The first-order valence-electron chi connectivity index (χ1n) is 4.83. The van der Waals surface area contributed by atoms with Crippen molar-refractivity contribution in [3.05, 3.63) is 0 Å². The van der Waals surface area contributed by atoms with Gasteiger partial charge in [-0.15, -0.1) is 0 Å². The van der Waals surface area contributed by atoms with Gasteiger partial charge in [-0.3, -0.25) is 0 Å². The monoisotopic (exact) mass is 197 g/mol. The fourth-order valence-corrected chi connectivity index (χ4v) is 1.18. The van der Waals surface area contributed by atoms with Crippen molar-refractivity contribution < 1.29 is 13.2 Å². The van der Waals surface area contributed by atoms with Crippen molar-refractivity contribution in [2.75, 3.05) is 6.54 Å². The van der Waals surface area contributed by atoms with Crippen LogP contribution in [0.3, 0.4) is 0 Å². The standard InChI is InChI=1S/C9H18F3N/c10-9(11,12)7-5-3-1-2-4-6-8-13/h1-8,13H2. The smallest absolute Gasteiger partial charge is 0.330 e. The van der Waals surface area contributed by atoms with Gasteiger partial charge in [-0.1, -0.05) is 25.7 Å². The highest BCUT2D eigenvalue weighted by atomic mass is 19.4. The Morgan fingerprint density at radius 1 is 0.769 bits per heavy atom. The molecule has 0 aromatic rings. The van der Waals surface area contributed by atoms with E-state index >= 15 is 0 Å². The minimum Gasteiger partial charge on any atom is -0.330 e. The van der Waals surface area contributed by atoms with Crippen molar-refractivity contribution in [2.45, 2.75) is 51.1 Å². The third-order valence-electron chi connectivity index (χ3n) is 1.91. The molecule has 0 saturated carbocycles. The predicted molar refractivity (Wildman–Crippen MR) is 47.4 cm³/mol. The van der Waals surface area contributed by atoms with Gasteiger partial charge in [0.05, 0.1) is 0 Å². The van der Waals surface area contributed by atoms with E-state index in [0.717, 1.165) is 25.7 Å². The molecule has 0 spiro atoms. The second-order valence-electron chi connectivity index (χ2n) is 3.28. The summed E-state index contributed by atoms with van der Waals surface area (Å²) in [6.45, 7) is 0.683. The summed E-state index contributed by atoms with van der Waals surface area (Å²) in [7, 11) is 0. The summed E-state index contributed by atoms with van der Waals surface area (Å²) in [6, 6.07) is 0. The molecule has 80 valence electrons. The van der Waals surface area contributed by atoms with E-state index in [1.165, 1.54) is 0 Å². The molecule has 0 radical (unpaired) electrons. The van der Waals surface area contributed by atoms with E-state index in [-0.39, 0.29) is 6.42 Å². The van der Waals surface area contributed by atoms with Gasteiger partial charge in [-0.2, -0.15) is 13.2 Å². The summed E-state index contributed by atoms with van der Waals surface area (Å²) in [5, 5.41) is 0. The zero-order valence-electron chi connectivity index (χ0n) is 7.87. The van der Waals surface area contributed by atoms with Crippen LogP contribution in [0.2, 0.25) is 0 Å². The second kappa shape index (κ2) is 7.18. The molecule has 0 bridgehead atoms. The number of rotatable bonds is 7. The first kappa shape index (κ1) is 12.8. The van der Waals surface area contributed by atoms with Crippen LogP contribution in [-0.2, 0) is 0 Å². The molecule has 2 N–H and O–H groups in total. The van der Waals surface area contributed by atoms with Crippen LogP contribution in [-0.4, -0.2) is 12.7 Å².